The Labute approximate surface area is 69.7 Å². The van der Waals surface area contributed by atoms with Gasteiger partial charge in [0.05, 0.1) is 7.11 Å². The molecule has 0 aromatic carbocycles. The maximum atomic E-state index is 11.0. The van der Waals surface area contributed by atoms with Crippen LogP contribution in [0.25, 0.3) is 0 Å². The number of esters is 1. The molecule has 1 rings (SSSR count). The molecule has 0 unspecified atom stereocenters. The molecule has 0 radical (unpaired) electrons. The lowest BCUT2D eigenvalue weighted by Gasteiger charge is -2.01. The lowest BCUT2D eigenvalue weighted by Crippen LogP contribution is -2.10. The van der Waals surface area contributed by atoms with E-state index in [1.165, 1.54) is 7.11 Å². The van der Waals surface area contributed by atoms with Crippen LogP contribution in [0.5, 0.6) is 0 Å². The first kappa shape index (κ1) is 8.70. The molecule has 0 saturated carbocycles. The SMILES string of the molecule is COC(=O)[C@@H](C)c1nc(C)no1. The molecule has 0 spiro atoms. The van der Waals surface area contributed by atoms with E-state index in [1.807, 2.05) is 0 Å². The molecule has 12 heavy (non-hydrogen) atoms. The minimum atomic E-state index is -0.490. The van der Waals surface area contributed by atoms with Crippen LogP contribution in [0.4, 0.5) is 0 Å². The third-order valence-corrected chi connectivity index (χ3v) is 1.47. The second kappa shape index (κ2) is 3.34. The molecule has 5 nitrogen and oxygen atoms in total. The highest BCUT2D eigenvalue weighted by Gasteiger charge is 2.21. The van der Waals surface area contributed by atoms with Crippen molar-refractivity contribution >= 4 is 5.97 Å². The summed E-state index contributed by atoms with van der Waals surface area (Å²) in [5, 5.41) is 3.56. The summed E-state index contributed by atoms with van der Waals surface area (Å²) in [6.07, 6.45) is 0. The zero-order chi connectivity index (χ0) is 9.14. The van der Waals surface area contributed by atoms with Gasteiger partial charge >= 0.3 is 5.97 Å². The summed E-state index contributed by atoms with van der Waals surface area (Å²) in [5.74, 6) is -0.0602. The molecular formula is C7H10N2O3. The smallest absolute Gasteiger partial charge is 0.317 e. The van der Waals surface area contributed by atoms with Gasteiger partial charge in [0.2, 0.25) is 5.89 Å². The second-order valence-electron chi connectivity index (χ2n) is 2.42. The van der Waals surface area contributed by atoms with Crippen LogP contribution in [0, 0.1) is 6.92 Å². The Morgan fingerprint density at radius 2 is 2.33 bits per heavy atom. The van der Waals surface area contributed by atoms with Crippen molar-refractivity contribution in [1.82, 2.24) is 10.1 Å². The van der Waals surface area contributed by atoms with E-state index in [-0.39, 0.29) is 5.97 Å². The fraction of sp³-hybridized carbons (Fsp3) is 0.571. The lowest BCUT2D eigenvalue weighted by atomic mass is 10.2. The van der Waals surface area contributed by atoms with E-state index in [0.29, 0.717) is 11.7 Å². The van der Waals surface area contributed by atoms with E-state index in [4.69, 9.17) is 4.52 Å². The fourth-order valence-corrected chi connectivity index (χ4v) is 0.767. The van der Waals surface area contributed by atoms with E-state index in [9.17, 15) is 4.79 Å². The van der Waals surface area contributed by atoms with Crippen LogP contribution in [0.1, 0.15) is 24.6 Å². The van der Waals surface area contributed by atoms with Crippen molar-refractivity contribution in [3.8, 4) is 0 Å². The zero-order valence-electron chi connectivity index (χ0n) is 7.20. The molecule has 0 aliphatic carbocycles. The fourth-order valence-electron chi connectivity index (χ4n) is 0.767. The van der Waals surface area contributed by atoms with Crippen LogP contribution >= 0.6 is 0 Å². The molecule has 1 aromatic rings. The zero-order valence-corrected chi connectivity index (χ0v) is 7.20. The van der Waals surface area contributed by atoms with Crippen LogP contribution in [-0.2, 0) is 9.53 Å². The van der Waals surface area contributed by atoms with Crippen molar-refractivity contribution in [2.75, 3.05) is 7.11 Å². The Morgan fingerprint density at radius 3 is 2.75 bits per heavy atom. The Morgan fingerprint density at radius 1 is 1.67 bits per heavy atom. The first-order chi connectivity index (χ1) is 5.65. The van der Waals surface area contributed by atoms with E-state index in [0.717, 1.165) is 0 Å². The quantitative estimate of drug-likeness (QED) is 0.610. The summed E-state index contributed by atoms with van der Waals surface area (Å²) in [6, 6.07) is 0. The number of carbonyl (C=O) groups excluding carboxylic acids is 1. The van der Waals surface area contributed by atoms with Crippen LogP contribution < -0.4 is 0 Å². The highest BCUT2D eigenvalue weighted by atomic mass is 16.5. The molecule has 0 aliphatic heterocycles. The number of rotatable bonds is 2. The monoisotopic (exact) mass is 170 g/mol. The standard InChI is InChI=1S/C7H10N2O3/c1-4(7(10)11-3)6-8-5(2)9-12-6/h4H,1-3H3/t4-/m0/s1. The number of methoxy groups -OCH3 is 1. The van der Waals surface area contributed by atoms with Crippen LogP contribution in [0.15, 0.2) is 4.52 Å². The summed E-state index contributed by atoms with van der Waals surface area (Å²) >= 11 is 0. The predicted molar refractivity (Wildman–Crippen MR) is 39.5 cm³/mol. The first-order valence-electron chi connectivity index (χ1n) is 3.53. The number of nitrogens with zero attached hydrogens (tertiary/aromatic N) is 2. The summed E-state index contributed by atoms with van der Waals surface area (Å²) in [4.78, 5) is 14.9. The number of aromatic nitrogens is 2. The molecule has 66 valence electrons. The maximum absolute atomic E-state index is 11.0. The van der Waals surface area contributed by atoms with E-state index >= 15 is 0 Å². The van der Waals surface area contributed by atoms with Gasteiger partial charge in [-0.3, -0.25) is 4.79 Å². The van der Waals surface area contributed by atoms with Gasteiger partial charge in [-0.05, 0) is 13.8 Å². The Balaban J connectivity index is 2.77. The molecule has 0 N–H and O–H groups in total. The van der Waals surface area contributed by atoms with Gasteiger partial charge in [-0.2, -0.15) is 4.98 Å². The molecule has 0 saturated heterocycles. The number of ether oxygens (including phenoxy) is 1. The van der Waals surface area contributed by atoms with Gasteiger partial charge in [0.1, 0.15) is 5.92 Å². The normalized spacial score (nSPS) is 12.6. The van der Waals surface area contributed by atoms with Gasteiger partial charge in [0.25, 0.3) is 0 Å². The van der Waals surface area contributed by atoms with E-state index in [1.54, 1.807) is 13.8 Å². The lowest BCUT2D eigenvalue weighted by molar-refractivity contribution is -0.142. The molecule has 0 aliphatic rings. The second-order valence-corrected chi connectivity index (χ2v) is 2.42. The van der Waals surface area contributed by atoms with E-state index in [2.05, 4.69) is 14.9 Å². The highest BCUT2D eigenvalue weighted by molar-refractivity contribution is 5.76. The Hall–Kier alpha value is -1.39. The molecular weight excluding hydrogens is 160 g/mol. The number of aryl methyl sites for hydroxylation is 1. The molecule has 1 aromatic heterocycles. The minimum Gasteiger partial charge on any atom is -0.468 e. The third-order valence-electron chi connectivity index (χ3n) is 1.47. The van der Waals surface area contributed by atoms with Gasteiger partial charge in [0, 0.05) is 0 Å². The van der Waals surface area contributed by atoms with Crippen molar-refractivity contribution in [3.05, 3.63) is 11.7 Å². The van der Waals surface area contributed by atoms with Crippen molar-refractivity contribution in [2.24, 2.45) is 0 Å². The number of hydrogen-bond acceptors (Lipinski definition) is 5. The number of carbonyl (C=O) groups is 1. The van der Waals surface area contributed by atoms with Crippen LogP contribution in [-0.4, -0.2) is 23.2 Å². The third kappa shape index (κ3) is 1.61. The van der Waals surface area contributed by atoms with Gasteiger partial charge in [-0.25, -0.2) is 0 Å². The highest BCUT2D eigenvalue weighted by Crippen LogP contribution is 2.13. The van der Waals surface area contributed by atoms with Gasteiger partial charge < -0.3 is 9.26 Å². The van der Waals surface area contributed by atoms with Crippen molar-refractivity contribution in [1.29, 1.82) is 0 Å². The average Bonchev–Trinajstić information content (AvgIpc) is 2.49. The predicted octanol–water partition coefficient (Wildman–Crippen LogP) is 0.655. The topological polar surface area (TPSA) is 65.2 Å². The Kier molecular flexibility index (Phi) is 2.42. The molecule has 5 heteroatoms. The molecule has 0 amide bonds. The van der Waals surface area contributed by atoms with Gasteiger partial charge in [-0.1, -0.05) is 5.16 Å². The van der Waals surface area contributed by atoms with Crippen molar-refractivity contribution in [2.45, 2.75) is 19.8 Å². The molecule has 1 heterocycles. The summed E-state index contributed by atoms with van der Waals surface area (Å²) in [5.41, 5.74) is 0. The largest absolute Gasteiger partial charge is 0.468 e. The van der Waals surface area contributed by atoms with Gasteiger partial charge in [-0.15, -0.1) is 0 Å². The summed E-state index contributed by atoms with van der Waals surface area (Å²) in [7, 11) is 1.32. The van der Waals surface area contributed by atoms with Crippen molar-refractivity contribution in [3.63, 3.8) is 0 Å². The van der Waals surface area contributed by atoms with Crippen LogP contribution in [0.2, 0.25) is 0 Å². The molecule has 0 bridgehead atoms. The Bertz CT molecular complexity index is 282. The molecule has 1 atom stereocenters. The van der Waals surface area contributed by atoms with Crippen LogP contribution in [0.3, 0.4) is 0 Å². The maximum Gasteiger partial charge on any atom is 0.317 e. The molecule has 0 fully saturated rings. The van der Waals surface area contributed by atoms with E-state index < -0.39 is 5.92 Å². The summed E-state index contributed by atoms with van der Waals surface area (Å²) < 4.78 is 9.30. The van der Waals surface area contributed by atoms with Crippen molar-refractivity contribution < 1.29 is 14.1 Å². The van der Waals surface area contributed by atoms with Gasteiger partial charge in [0.15, 0.2) is 5.82 Å². The minimum absolute atomic E-state index is 0.291. The summed E-state index contributed by atoms with van der Waals surface area (Å²) in [6.45, 7) is 3.34. The number of hydrogen-bond donors (Lipinski definition) is 0. The first-order valence-corrected chi connectivity index (χ1v) is 3.53. The average molecular weight is 170 g/mol.